The van der Waals surface area contributed by atoms with Gasteiger partial charge in [0.25, 0.3) is 0 Å². The van der Waals surface area contributed by atoms with Crippen LogP contribution in [0.2, 0.25) is 0 Å². The van der Waals surface area contributed by atoms with Gasteiger partial charge in [0.15, 0.2) is 0 Å². The van der Waals surface area contributed by atoms with Crippen LogP contribution in [0.25, 0.3) is 0 Å². The topological polar surface area (TPSA) is 74.6 Å². The molecule has 2 N–H and O–H groups in total. The second-order valence-corrected chi connectivity index (χ2v) is 9.97. The monoisotopic (exact) mass is 424 g/mol. The molecule has 176 valence electrons. The number of carboxylic acid groups (broad SMARTS) is 2. The fourth-order valence-corrected chi connectivity index (χ4v) is 6.20. The highest BCUT2D eigenvalue weighted by Gasteiger charge is 2.66. The summed E-state index contributed by atoms with van der Waals surface area (Å²) in [5, 5.41) is 21.0. The summed E-state index contributed by atoms with van der Waals surface area (Å²) in [4.78, 5) is 25.7. The molecular formula is C26H48O4. The molecule has 0 aliphatic heterocycles. The van der Waals surface area contributed by atoms with Gasteiger partial charge in [0.2, 0.25) is 0 Å². The maximum Gasteiger partial charge on any atom is 0.311 e. The van der Waals surface area contributed by atoms with E-state index in [9.17, 15) is 19.8 Å². The molecule has 1 rings (SSSR count). The SMILES string of the molecule is CCCCCCCCC1(C(=O)O)C(C)CCC(C)C1(CCCCCCCC)C(=O)O. The first-order valence-corrected chi connectivity index (χ1v) is 12.8. The second-order valence-electron chi connectivity index (χ2n) is 9.97. The minimum absolute atomic E-state index is 0.0990. The molecule has 0 amide bonds. The summed E-state index contributed by atoms with van der Waals surface area (Å²) in [5.74, 6) is -1.94. The molecular weight excluding hydrogens is 376 g/mol. The van der Waals surface area contributed by atoms with Crippen molar-refractivity contribution < 1.29 is 19.8 Å². The standard InChI is InChI=1S/C26H48O4/c1-5-7-9-11-13-15-19-25(23(27)28)21(3)17-18-22(4)26(25,24(29)30)20-16-14-12-10-8-6-2/h21-22H,5-20H2,1-4H3,(H,27,28)(H,29,30). The fraction of sp³-hybridized carbons (Fsp3) is 0.923. The third kappa shape index (κ3) is 6.01. The third-order valence-electron chi connectivity index (χ3n) is 8.12. The molecule has 0 aromatic carbocycles. The minimum atomic E-state index is -1.15. The highest BCUT2D eigenvalue weighted by molar-refractivity contribution is 5.87. The number of aliphatic carboxylic acids is 2. The Balaban J connectivity index is 3.05. The lowest BCUT2D eigenvalue weighted by Gasteiger charge is -2.55. The Morgan fingerprint density at radius 3 is 1.23 bits per heavy atom. The van der Waals surface area contributed by atoms with Crippen LogP contribution < -0.4 is 0 Å². The zero-order valence-corrected chi connectivity index (χ0v) is 20.2. The smallest absolute Gasteiger partial charge is 0.311 e. The molecule has 0 saturated heterocycles. The highest BCUT2D eigenvalue weighted by atomic mass is 16.4. The summed E-state index contributed by atoms with van der Waals surface area (Å²) in [5.41, 5.74) is -2.30. The summed E-state index contributed by atoms with van der Waals surface area (Å²) in [6.45, 7) is 8.37. The van der Waals surface area contributed by atoms with Gasteiger partial charge in [-0.3, -0.25) is 9.59 Å². The first-order chi connectivity index (χ1) is 14.3. The largest absolute Gasteiger partial charge is 0.481 e. The zero-order valence-electron chi connectivity index (χ0n) is 20.2. The Morgan fingerprint density at radius 2 is 0.933 bits per heavy atom. The molecule has 0 aromatic heterocycles. The van der Waals surface area contributed by atoms with Gasteiger partial charge in [0.05, 0.1) is 10.8 Å². The van der Waals surface area contributed by atoms with Crippen LogP contribution in [0.3, 0.4) is 0 Å². The number of rotatable bonds is 16. The van der Waals surface area contributed by atoms with E-state index >= 15 is 0 Å². The van der Waals surface area contributed by atoms with Crippen molar-refractivity contribution in [2.24, 2.45) is 22.7 Å². The van der Waals surface area contributed by atoms with Gasteiger partial charge in [-0.1, -0.05) is 105 Å². The first-order valence-electron chi connectivity index (χ1n) is 12.8. The van der Waals surface area contributed by atoms with Gasteiger partial charge < -0.3 is 10.2 Å². The quantitative estimate of drug-likeness (QED) is 0.249. The highest BCUT2D eigenvalue weighted by Crippen LogP contribution is 2.61. The van der Waals surface area contributed by atoms with Gasteiger partial charge in [-0.05, 0) is 37.5 Å². The van der Waals surface area contributed by atoms with Crippen LogP contribution in [0.4, 0.5) is 0 Å². The van der Waals surface area contributed by atoms with Crippen molar-refractivity contribution in [3.05, 3.63) is 0 Å². The molecule has 4 unspecified atom stereocenters. The van der Waals surface area contributed by atoms with Gasteiger partial charge in [-0.15, -0.1) is 0 Å². The van der Waals surface area contributed by atoms with Gasteiger partial charge >= 0.3 is 11.9 Å². The number of hydrogen-bond acceptors (Lipinski definition) is 2. The molecule has 4 heteroatoms. The average molecular weight is 425 g/mol. The molecule has 1 fully saturated rings. The molecule has 0 aromatic rings. The van der Waals surface area contributed by atoms with Gasteiger partial charge in [-0.2, -0.15) is 0 Å². The van der Waals surface area contributed by atoms with E-state index in [-0.39, 0.29) is 11.8 Å². The fourth-order valence-electron chi connectivity index (χ4n) is 6.20. The van der Waals surface area contributed by atoms with Crippen molar-refractivity contribution >= 4 is 11.9 Å². The van der Waals surface area contributed by atoms with Crippen LogP contribution >= 0.6 is 0 Å². The van der Waals surface area contributed by atoms with E-state index in [1.807, 2.05) is 13.8 Å². The van der Waals surface area contributed by atoms with Crippen molar-refractivity contribution in [3.8, 4) is 0 Å². The van der Waals surface area contributed by atoms with Crippen LogP contribution in [0, 0.1) is 22.7 Å². The summed E-state index contributed by atoms with van der Waals surface area (Å²) < 4.78 is 0. The lowest BCUT2D eigenvalue weighted by atomic mass is 9.45. The predicted octanol–water partition coefficient (Wildman–Crippen LogP) is 7.70. The average Bonchev–Trinajstić information content (AvgIpc) is 2.70. The van der Waals surface area contributed by atoms with E-state index in [0.717, 1.165) is 51.4 Å². The minimum Gasteiger partial charge on any atom is -0.481 e. The summed E-state index contributed by atoms with van der Waals surface area (Å²) in [6, 6.07) is 0. The summed E-state index contributed by atoms with van der Waals surface area (Å²) >= 11 is 0. The van der Waals surface area contributed by atoms with Gasteiger partial charge in [-0.25, -0.2) is 0 Å². The Kier molecular flexibility index (Phi) is 12.0. The van der Waals surface area contributed by atoms with Crippen LogP contribution in [0.5, 0.6) is 0 Å². The van der Waals surface area contributed by atoms with Crippen molar-refractivity contribution in [1.29, 1.82) is 0 Å². The molecule has 0 heterocycles. The van der Waals surface area contributed by atoms with E-state index in [2.05, 4.69) is 13.8 Å². The van der Waals surface area contributed by atoms with E-state index in [1.165, 1.54) is 38.5 Å². The van der Waals surface area contributed by atoms with Crippen LogP contribution in [0.1, 0.15) is 130 Å². The van der Waals surface area contributed by atoms with Gasteiger partial charge in [0, 0.05) is 0 Å². The van der Waals surface area contributed by atoms with Crippen molar-refractivity contribution in [1.82, 2.24) is 0 Å². The lowest BCUT2D eigenvalue weighted by Crippen LogP contribution is -2.61. The first kappa shape index (κ1) is 27.0. The molecule has 1 saturated carbocycles. The molecule has 30 heavy (non-hydrogen) atoms. The number of hydrogen-bond donors (Lipinski definition) is 2. The number of unbranched alkanes of at least 4 members (excludes halogenated alkanes) is 10. The van der Waals surface area contributed by atoms with Gasteiger partial charge in [0.1, 0.15) is 0 Å². The predicted molar refractivity (Wildman–Crippen MR) is 124 cm³/mol. The van der Waals surface area contributed by atoms with Crippen molar-refractivity contribution in [2.45, 2.75) is 130 Å². The number of carbonyl (C=O) groups is 2. The van der Waals surface area contributed by atoms with Crippen LogP contribution in [0.15, 0.2) is 0 Å². The molecule has 1 aliphatic carbocycles. The van der Waals surface area contributed by atoms with Crippen molar-refractivity contribution in [3.63, 3.8) is 0 Å². The number of carboxylic acids is 2. The zero-order chi connectivity index (χ0) is 22.6. The Hall–Kier alpha value is -1.06. The second kappa shape index (κ2) is 13.4. The molecule has 0 bridgehead atoms. The van der Waals surface area contributed by atoms with Crippen molar-refractivity contribution in [2.75, 3.05) is 0 Å². The van der Waals surface area contributed by atoms with E-state index in [4.69, 9.17) is 0 Å². The van der Waals surface area contributed by atoms with E-state index in [0.29, 0.717) is 12.8 Å². The van der Waals surface area contributed by atoms with E-state index < -0.39 is 22.8 Å². The molecule has 0 spiro atoms. The molecule has 4 atom stereocenters. The van der Waals surface area contributed by atoms with Crippen LogP contribution in [-0.4, -0.2) is 22.2 Å². The third-order valence-corrected chi connectivity index (χ3v) is 8.12. The van der Waals surface area contributed by atoms with Crippen LogP contribution in [-0.2, 0) is 9.59 Å². The lowest BCUT2D eigenvalue weighted by molar-refractivity contribution is -0.197. The molecule has 0 radical (unpaired) electrons. The summed E-state index contributed by atoms with van der Waals surface area (Å²) in [7, 11) is 0. The Morgan fingerprint density at radius 1 is 0.633 bits per heavy atom. The Labute approximate surface area is 185 Å². The molecule has 1 aliphatic rings. The maximum atomic E-state index is 12.8. The summed E-state index contributed by atoms with van der Waals surface area (Å²) in [6.07, 6.45) is 15.7. The Bertz CT molecular complexity index is 471. The maximum absolute atomic E-state index is 12.8. The normalized spacial score (nSPS) is 29.1. The molecule has 4 nitrogen and oxygen atoms in total. The van der Waals surface area contributed by atoms with E-state index in [1.54, 1.807) is 0 Å².